The molecule has 3 aromatic carbocycles. The molecular weight excluding hydrogens is 414 g/mol. The Morgan fingerprint density at radius 3 is 2.42 bits per heavy atom. The average Bonchev–Trinajstić information content (AvgIpc) is 2.79. The summed E-state index contributed by atoms with van der Waals surface area (Å²) in [5, 5.41) is 14.5. The van der Waals surface area contributed by atoms with Crippen molar-refractivity contribution >= 4 is 40.6 Å². The summed E-state index contributed by atoms with van der Waals surface area (Å²) in [4.78, 5) is 28.9. The summed E-state index contributed by atoms with van der Waals surface area (Å²) in [6.07, 6.45) is 1.31. The summed E-state index contributed by atoms with van der Waals surface area (Å²) in [6.45, 7) is 0. The number of aromatic nitrogens is 1. The lowest BCUT2D eigenvalue weighted by molar-refractivity contribution is 0.0696. The number of hydrogen-bond acceptors (Lipinski definition) is 4. The molecule has 6 nitrogen and oxygen atoms in total. The van der Waals surface area contributed by atoms with Gasteiger partial charge in [0.05, 0.1) is 28.6 Å². The van der Waals surface area contributed by atoms with Crippen LogP contribution in [0.15, 0.2) is 84.0 Å². The van der Waals surface area contributed by atoms with Gasteiger partial charge >= 0.3 is 5.97 Å². The molecular formula is C24H16ClN3O3. The van der Waals surface area contributed by atoms with E-state index < -0.39 is 11.9 Å². The number of hydrogen-bond donors (Lipinski definition) is 2. The molecule has 0 saturated heterocycles. The average molecular weight is 430 g/mol. The van der Waals surface area contributed by atoms with E-state index in [9.17, 15) is 14.7 Å². The molecule has 0 aliphatic rings. The van der Waals surface area contributed by atoms with Crippen LogP contribution in [0.1, 0.15) is 26.3 Å². The standard InChI is InChI=1S/C24H16ClN3O3/c25-17-11-9-15(10-12-17)22-13-20(19-7-3-4-8-21(19)27-22)23(29)28-26-14-16-5-1-2-6-18(16)24(30)31/h1-14H,(H,28,29)(H,30,31). The van der Waals surface area contributed by atoms with Crippen LogP contribution in [0.3, 0.4) is 0 Å². The second-order valence-corrected chi connectivity index (χ2v) is 7.11. The first-order valence-corrected chi connectivity index (χ1v) is 9.72. The molecule has 1 aromatic heterocycles. The number of para-hydroxylation sites is 1. The van der Waals surface area contributed by atoms with Crippen molar-refractivity contribution in [1.82, 2.24) is 10.4 Å². The predicted octanol–water partition coefficient (Wildman–Crippen LogP) is 5.02. The minimum atomic E-state index is -1.07. The summed E-state index contributed by atoms with van der Waals surface area (Å²) in [5.74, 6) is -1.50. The van der Waals surface area contributed by atoms with Crippen LogP contribution in [0.2, 0.25) is 5.02 Å². The smallest absolute Gasteiger partial charge is 0.336 e. The van der Waals surface area contributed by atoms with E-state index in [1.165, 1.54) is 12.3 Å². The van der Waals surface area contributed by atoms with Gasteiger partial charge in [0.15, 0.2) is 0 Å². The van der Waals surface area contributed by atoms with Crippen molar-refractivity contribution in [1.29, 1.82) is 0 Å². The Morgan fingerprint density at radius 1 is 0.935 bits per heavy atom. The number of nitrogens with one attached hydrogen (secondary N) is 1. The van der Waals surface area contributed by atoms with Crippen LogP contribution in [-0.4, -0.2) is 28.2 Å². The van der Waals surface area contributed by atoms with E-state index in [0.29, 0.717) is 32.7 Å². The summed E-state index contributed by atoms with van der Waals surface area (Å²) in [7, 11) is 0. The van der Waals surface area contributed by atoms with E-state index >= 15 is 0 Å². The fraction of sp³-hybridized carbons (Fsp3) is 0. The minimum absolute atomic E-state index is 0.0971. The van der Waals surface area contributed by atoms with Crippen LogP contribution in [0.4, 0.5) is 0 Å². The number of carbonyl (C=O) groups is 2. The minimum Gasteiger partial charge on any atom is -0.478 e. The summed E-state index contributed by atoms with van der Waals surface area (Å²) >= 11 is 5.98. The SMILES string of the molecule is O=C(O)c1ccccc1C=NNC(=O)c1cc(-c2ccc(Cl)cc2)nc2ccccc12. The number of nitrogens with zero attached hydrogens (tertiary/aromatic N) is 2. The number of amides is 1. The molecule has 2 N–H and O–H groups in total. The monoisotopic (exact) mass is 429 g/mol. The zero-order chi connectivity index (χ0) is 21.8. The second-order valence-electron chi connectivity index (χ2n) is 6.67. The van der Waals surface area contributed by atoms with Gasteiger partial charge < -0.3 is 5.11 Å². The zero-order valence-electron chi connectivity index (χ0n) is 16.1. The Morgan fingerprint density at radius 2 is 1.65 bits per heavy atom. The number of carboxylic acid groups (broad SMARTS) is 1. The molecule has 0 spiro atoms. The number of hydrazone groups is 1. The van der Waals surface area contributed by atoms with Gasteiger partial charge in [0, 0.05) is 21.5 Å². The molecule has 0 atom stereocenters. The number of aromatic carboxylic acids is 1. The highest BCUT2D eigenvalue weighted by Gasteiger charge is 2.14. The van der Waals surface area contributed by atoms with Gasteiger partial charge in [-0.1, -0.05) is 60.1 Å². The number of carbonyl (C=O) groups excluding carboxylic acids is 1. The first-order chi connectivity index (χ1) is 15.0. The van der Waals surface area contributed by atoms with Crippen LogP contribution in [0, 0.1) is 0 Å². The number of halogens is 1. The predicted molar refractivity (Wildman–Crippen MR) is 121 cm³/mol. The molecule has 4 rings (SSSR count). The molecule has 152 valence electrons. The van der Waals surface area contributed by atoms with Gasteiger partial charge in [-0.3, -0.25) is 4.79 Å². The Hall–Kier alpha value is -4.03. The second kappa shape index (κ2) is 8.77. The third kappa shape index (κ3) is 4.44. The van der Waals surface area contributed by atoms with Crippen molar-refractivity contribution in [3.8, 4) is 11.3 Å². The Bertz CT molecular complexity index is 1320. The number of benzene rings is 3. The molecule has 7 heteroatoms. The van der Waals surface area contributed by atoms with Gasteiger partial charge in [-0.2, -0.15) is 5.10 Å². The quantitative estimate of drug-likeness (QED) is 0.344. The maximum absolute atomic E-state index is 12.9. The topological polar surface area (TPSA) is 91.6 Å². The van der Waals surface area contributed by atoms with E-state index in [1.54, 1.807) is 36.4 Å². The Labute approximate surface area is 182 Å². The number of rotatable bonds is 5. The maximum atomic E-state index is 12.9. The van der Waals surface area contributed by atoms with Crippen molar-refractivity contribution in [2.75, 3.05) is 0 Å². The van der Waals surface area contributed by atoms with Crippen LogP contribution in [0.25, 0.3) is 22.2 Å². The van der Waals surface area contributed by atoms with Crippen LogP contribution < -0.4 is 5.43 Å². The normalized spacial score (nSPS) is 11.0. The maximum Gasteiger partial charge on any atom is 0.336 e. The molecule has 1 heterocycles. The molecule has 31 heavy (non-hydrogen) atoms. The molecule has 0 saturated carbocycles. The number of pyridine rings is 1. The van der Waals surface area contributed by atoms with Crippen molar-refractivity contribution in [3.05, 3.63) is 101 Å². The third-order valence-electron chi connectivity index (χ3n) is 4.66. The summed E-state index contributed by atoms with van der Waals surface area (Å²) in [6, 6.07) is 22.6. The summed E-state index contributed by atoms with van der Waals surface area (Å²) in [5.41, 5.74) is 5.48. The lowest BCUT2D eigenvalue weighted by Crippen LogP contribution is -2.18. The molecule has 0 radical (unpaired) electrons. The lowest BCUT2D eigenvalue weighted by Gasteiger charge is -2.09. The van der Waals surface area contributed by atoms with Crippen LogP contribution >= 0.6 is 11.6 Å². The number of fused-ring (bicyclic) bond motifs is 1. The molecule has 0 fully saturated rings. The van der Waals surface area contributed by atoms with Gasteiger partial charge in [-0.05, 0) is 30.3 Å². The summed E-state index contributed by atoms with van der Waals surface area (Å²) < 4.78 is 0. The van der Waals surface area contributed by atoms with E-state index in [0.717, 1.165) is 5.56 Å². The molecule has 4 aromatic rings. The van der Waals surface area contributed by atoms with Crippen LogP contribution in [-0.2, 0) is 0 Å². The van der Waals surface area contributed by atoms with Crippen LogP contribution in [0.5, 0.6) is 0 Å². The fourth-order valence-corrected chi connectivity index (χ4v) is 3.28. The third-order valence-corrected chi connectivity index (χ3v) is 4.91. The van der Waals surface area contributed by atoms with E-state index in [1.807, 2.05) is 36.4 Å². The number of carboxylic acids is 1. The van der Waals surface area contributed by atoms with Gasteiger partial charge in [0.1, 0.15) is 0 Å². The van der Waals surface area contributed by atoms with Gasteiger partial charge in [-0.25, -0.2) is 15.2 Å². The molecule has 0 aliphatic carbocycles. The molecule has 0 unspecified atom stereocenters. The van der Waals surface area contributed by atoms with Crippen molar-refractivity contribution in [3.63, 3.8) is 0 Å². The molecule has 0 bridgehead atoms. The van der Waals surface area contributed by atoms with Gasteiger partial charge in [0.2, 0.25) is 0 Å². The first-order valence-electron chi connectivity index (χ1n) is 9.34. The largest absolute Gasteiger partial charge is 0.478 e. The zero-order valence-corrected chi connectivity index (χ0v) is 16.9. The first kappa shape index (κ1) is 20.3. The highest BCUT2D eigenvalue weighted by atomic mass is 35.5. The highest BCUT2D eigenvalue weighted by Crippen LogP contribution is 2.26. The van der Waals surface area contributed by atoms with Gasteiger partial charge in [-0.15, -0.1) is 0 Å². The highest BCUT2D eigenvalue weighted by molar-refractivity contribution is 6.30. The Kier molecular flexibility index (Phi) is 5.73. The van der Waals surface area contributed by atoms with Crippen molar-refractivity contribution in [2.45, 2.75) is 0 Å². The van der Waals surface area contributed by atoms with Crippen molar-refractivity contribution < 1.29 is 14.7 Å². The Balaban J connectivity index is 1.67. The lowest BCUT2D eigenvalue weighted by atomic mass is 10.0. The molecule has 1 amide bonds. The van der Waals surface area contributed by atoms with Crippen molar-refractivity contribution in [2.24, 2.45) is 5.10 Å². The van der Waals surface area contributed by atoms with E-state index in [4.69, 9.17) is 11.6 Å². The fourth-order valence-electron chi connectivity index (χ4n) is 3.16. The van der Waals surface area contributed by atoms with Gasteiger partial charge in [0.25, 0.3) is 5.91 Å². The van der Waals surface area contributed by atoms with E-state index in [-0.39, 0.29) is 5.56 Å². The molecule has 0 aliphatic heterocycles. The van der Waals surface area contributed by atoms with E-state index in [2.05, 4.69) is 15.5 Å².